The van der Waals surface area contributed by atoms with Crippen LogP contribution >= 0.6 is 11.3 Å². The van der Waals surface area contributed by atoms with Crippen LogP contribution in [0.15, 0.2) is 47.8 Å². The molecular formula is C30H34N2O4S. The summed E-state index contributed by atoms with van der Waals surface area (Å²) in [6.07, 6.45) is -0.288. The second kappa shape index (κ2) is 10.2. The molecule has 1 aliphatic rings. The third-order valence-electron chi connectivity index (χ3n) is 7.32. The summed E-state index contributed by atoms with van der Waals surface area (Å²) < 4.78 is 0. The van der Waals surface area contributed by atoms with Gasteiger partial charge in [0.1, 0.15) is 11.7 Å². The van der Waals surface area contributed by atoms with Gasteiger partial charge >= 0.3 is 0 Å². The Kier molecular flexibility index (Phi) is 7.40. The SMILES string of the molecule is Cc1ccc(NC(=O)C2C(=O)CC(C)(O)C(C(=O)Nc3ccc(C)cc3C)C2c2sccc2C)c(C)c1. The van der Waals surface area contributed by atoms with Crippen molar-refractivity contribution in [3.8, 4) is 0 Å². The van der Waals surface area contributed by atoms with E-state index in [0.717, 1.165) is 32.7 Å². The molecule has 4 unspecified atom stereocenters. The quantitative estimate of drug-likeness (QED) is 0.383. The molecule has 1 fully saturated rings. The summed E-state index contributed by atoms with van der Waals surface area (Å²) in [7, 11) is 0. The lowest BCUT2D eigenvalue weighted by atomic mass is 9.62. The molecule has 4 atom stereocenters. The minimum atomic E-state index is -1.63. The van der Waals surface area contributed by atoms with Crippen LogP contribution in [0, 0.1) is 46.5 Å². The number of hydrogen-bond donors (Lipinski definition) is 3. The van der Waals surface area contributed by atoms with Gasteiger partial charge in [0.25, 0.3) is 0 Å². The molecule has 1 heterocycles. The van der Waals surface area contributed by atoms with Crippen LogP contribution in [0.4, 0.5) is 11.4 Å². The molecule has 194 valence electrons. The molecule has 2 amide bonds. The van der Waals surface area contributed by atoms with E-state index >= 15 is 0 Å². The predicted molar refractivity (Wildman–Crippen MR) is 148 cm³/mol. The maximum atomic E-state index is 13.9. The van der Waals surface area contributed by atoms with E-state index in [4.69, 9.17) is 0 Å². The van der Waals surface area contributed by atoms with Crippen molar-refractivity contribution in [1.29, 1.82) is 0 Å². The average molecular weight is 519 g/mol. The number of benzene rings is 2. The summed E-state index contributed by atoms with van der Waals surface area (Å²) >= 11 is 1.40. The van der Waals surface area contributed by atoms with E-state index in [1.165, 1.54) is 18.3 Å². The molecule has 1 aromatic heterocycles. The first kappa shape index (κ1) is 26.8. The Morgan fingerprint density at radius 1 is 0.865 bits per heavy atom. The van der Waals surface area contributed by atoms with Crippen LogP contribution in [-0.4, -0.2) is 28.3 Å². The van der Waals surface area contributed by atoms with Crippen molar-refractivity contribution in [2.24, 2.45) is 11.8 Å². The van der Waals surface area contributed by atoms with Crippen molar-refractivity contribution >= 4 is 40.3 Å². The highest BCUT2D eigenvalue weighted by Crippen LogP contribution is 2.49. The Bertz CT molecular complexity index is 1370. The van der Waals surface area contributed by atoms with Crippen molar-refractivity contribution < 1.29 is 19.5 Å². The summed E-state index contributed by atoms with van der Waals surface area (Å²) in [6, 6.07) is 13.3. The molecule has 0 aliphatic heterocycles. The number of carbonyl (C=O) groups is 3. The van der Waals surface area contributed by atoms with E-state index in [-0.39, 0.29) is 12.2 Å². The number of Topliss-reactive ketones (excluding diaryl/α,β-unsaturated/α-hetero) is 1. The van der Waals surface area contributed by atoms with E-state index in [0.29, 0.717) is 11.4 Å². The number of thiophene rings is 1. The molecule has 1 aliphatic carbocycles. The molecule has 4 rings (SSSR count). The first-order chi connectivity index (χ1) is 17.4. The van der Waals surface area contributed by atoms with Gasteiger partial charge in [-0.2, -0.15) is 0 Å². The number of amides is 2. The number of hydrogen-bond acceptors (Lipinski definition) is 5. The molecule has 0 bridgehead atoms. The fourth-order valence-corrected chi connectivity index (χ4v) is 6.57. The van der Waals surface area contributed by atoms with Gasteiger partial charge in [-0.3, -0.25) is 14.4 Å². The Hall–Kier alpha value is -3.29. The Labute approximate surface area is 222 Å². The van der Waals surface area contributed by atoms with Crippen molar-refractivity contribution in [2.75, 3.05) is 10.6 Å². The number of aliphatic hydroxyl groups is 1. The highest BCUT2D eigenvalue weighted by atomic mass is 32.1. The second-order valence-electron chi connectivity index (χ2n) is 10.6. The van der Waals surface area contributed by atoms with Crippen molar-refractivity contribution in [2.45, 2.75) is 59.5 Å². The zero-order valence-corrected chi connectivity index (χ0v) is 23.0. The molecule has 0 radical (unpaired) electrons. The van der Waals surface area contributed by atoms with Gasteiger partial charge in [0.05, 0.1) is 11.5 Å². The van der Waals surface area contributed by atoms with Crippen molar-refractivity contribution in [3.63, 3.8) is 0 Å². The molecule has 6 nitrogen and oxygen atoms in total. The van der Waals surface area contributed by atoms with Crippen LogP contribution in [0.3, 0.4) is 0 Å². The third-order valence-corrected chi connectivity index (χ3v) is 8.44. The number of anilines is 2. The normalized spacial score (nSPS) is 23.5. The van der Waals surface area contributed by atoms with Crippen LogP contribution in [0.5, 0.6) is 0 Å². The lowest BCUT2D eigenvalue weighted by Gasteiger charge is -2.44. The number of nitrogens with one attached hydrogen (secondary N) is 2. The molecule has 7 heteroatoms. The molecule has 37 heavy (non-hydrogen) atoms. The fraction of sp³-hybridized carbons (Fsp3) is 0.367. The van der Waals surface area contributed by atoms with E-state index in [2.05, 4.69) is 10.6 Å². The van der Waals surface area contributed by atoms with E-state index in [1.807, 2.05) is 82.5 Å². The standard InChI is InChI=1S/C30H34N2O4S/c1-16-7-9-21(19(4)13-16)31-28(34)24-23(33)15-30(6,36)26(25(24)27-18(3)11-12-37-27)29(35)32-22-10-8-17(2)14-20(22)5/h7-14,24-26,36H,15H2,1-6H3,(H,31,34)(H,32,35). The minimum absolute atomic E-state index is 0.288. The molecule has 1 saturated carbocycles. The predicted octanol–water partition coefficient (Wildman–Crippen LogP) is 5.61. The summed E-state index contributed by atoms with van der Waals surface area (Å²) in [5.41, 5.74) is 4.44. The topological polar surface area (TPSA) is 95.5 Å². The maximum Gasteiger partial charge on any atom is 0.235 e. The van der Waals surface area contributed by atoms with Gasteiger partial charge in [-0.1, -0.05) is 35.4 Å². The van der Waals surface area contributed by atoms with Gasteiger partial charge in [-0.15, -0.1) is 11.3 Å². The largest absolute Gasteiger partial charge is 0.389 e. The molecule has 0 saturated heterocycles. The first-order valence-electron chi connectivity index (χ1n) is 12.4. The highest BCUT2D eigenvalue weighted by molar-refractivity contribution is 7.10. The third kappa shape index (κ3) is 5.38. The van der Waals surface area contributed by atoms with Gasteiger partial charge in [0.2, 0.25) is 11.8 Å². The summed E-state index contributed by atoms with van der Waals surface area (Å²) in [5.74, 6) is -4.19. The van der Waals surface area contributed by atoms with E-state index < -0.39 is 35.2 Å². The summed E-state index contributed by atoms with van der Waals surface area (Å²) in [4.78, 5) is 41.8. The fourth-order valence-electron chi connectivity index (χ4n) is 5.46. The molecular weight excluding hydrogens is 484 g/mol. The smallest absolute Gasteiger partial charge is 0.235 e. The van der Waals surface area contributed by atoms with E-state index in [9.17, 15) is 19.5 Å². The number of ketones is 1. The summed E-state index contributed by atoms with van der Waals surface area (Å²) in [5, 5.41) is 19.3. The Morgan fingerprint density at radius 3 is 1.89 bits per heavy atom. The van der Waals surface area contributed by atoms with Gasteiger partial charge in [-0.25, -0.2) is 0 Å². The van der Waals surface area contributed by atoms with Crippen molar-refractivity contribution in [1.82, 2.24) is 0 Å². The zero-order valence-electron chi connectivity index (χ0n) is 22.1. The number of carbonyl (C=O) groups excluding carboxylic acids is 3. The second-order valence-corrected chi connectivity index (χ2v) is 11.5. The van der Waals surface area contributed by atoms with Crippen LogP contribution < -0.4 is 10.6 Å². The maximum absolute atomic E-state index is 13.9. The van der Waals surface area contributed by atoms with Crippen LogP contribution in [0.1, 0.15) is 52.0 Å². The lowest BCUT2D eigenvalue weighted by molar-refractivity contribution is -0.150. The van der Waals surface area contributed by atoms with Gasteiger partial charge in [-0.05, 0) is 81.8 Å². The molecule has 0 spiro atoms. The van der Waals surface area contributed by atoms with Crippen molar-refractivity contribution in [3.05, 3.63) is 80.5 Å². The number of rotatable bonds is 5. The highest BCUT2D eigenvalue weighted by Gasteiger charge is 2.56. The van der Waals surface area contributed by atoms with Gasteiger partial charge < -0.3 is 15.7 Å². The Morgan fingerprint density at radius 2 is 1.41 bits per heavy atom. The summed E-state index contributed by atoms with van der Waals surface area (Å²) in [6.45, 7) is 11.2. The minimum Gasteiger partial charge on any atom is -0.389 e. The Balaban J connectivity index is 1.76. The average Bonchev–Trinajstić information content (AvgIpc) is 3.21. The zero-order chi connectivity index (χ0) is 27.1. The molecule has 3 N–H and O–H groups in total. The van der Waals surface area contributed by atoms with Gasteiger partial charge in [0.15, 0.2) is 0 Å². The van der Waals surface area contributed by atoms with Crippen LogP contribution in [0.2, 0.25) is 0 Å². The lowest BCUT2D eigenvalue weighted by Crippen LogP contribution is -2.56. The van der Waals surface area contributed by atoms with Gasteiger partial charge in [0, 0.05) is 28.6 Å². The first-order valence-corrected chi connectivity index (χ1v) is 13.3. The van der Waals surface area contributed by atoms with Crippen LogP contribution in [0.25, 0.3) is 0 Å². The molecule has 2 aromatic carbocycles. The van der Waals surface area contributed by atoms with E-state index in [1.54, 1.807) is 0 Å². The monoisotopic (exact) mass is 518 g/mol. The van der Waals surface area contributed by atoms with Crippen LogP contribution in [-0.2, 0) is 14.4 Å². The molecule has 3 aromatic rings. The number of aryl methyl sites for hydroxylation is 5.